The molecule has 1 N–H and O–H groups in total. The van der Waals surface area contributed by atoms with Crippen LogP contribution in [0.15, 0.2) is 11.5 Å². The third-order valence-electron chi connectivity index (χ3n) is 2.29. The van der Waals surface area contributed by atoms with Gasteiger partial charge in [0.05, 0.1) is 18.6 Å². The van der Waals surface area contributed by atoms with E-state index in [9.17, 15) is 4.79 Å². The second-order valence-electron chi connectivity index (χ2n) is 3.59. The standard InChI is InChI=1S/C9H9Cl2N5O2S/c1-15-5(2-16-4-12-7(10)8(16)11)13-14-9(15)19-3-6(17)18/h4H,2-3H2,1H3,(H,17,18). The van der Waals surface area contributed by atoms with Gasteiger partial charge in [-0.25, -0.2) is 4.98 Å². The number of aromatic nitrogens is 5. The molecule has 0 saturated heterocycles. The number of rotatable bonds is 5. The van der Waals surface area contributed by atoms with Gasteiger partial charge in [-0.3, -0.25) is 4.79 Å². The van der Waals surface area contributed by atoms with Crippen LogP contribution in [0.3, 0.4) is 0 Å². The van der Waals surface area contributed by atoms with Gasteiger partial charge >= 0.3 is 5.97 Å². The van der Waals surface area contributed by atoms with Crippen molar-refractivity contribution >= 4 is 40.9 Å². The predicted octanol–water partition coefficient (Wildman–Crippen LogP) is 1.54. The van der Waals surface area contributed by atoms with Crippen molar-refractivity contribution < 1.29 is 9.90 Å². The maximum atomic E-state index is 10.5. The largest absolute Gasteiger partial charge is 0.481 e. The number of thioether (sulfide) groups is 1. The zero-order valence-electron chi connectivity index (χ0n) is 9.75. The molecule has 0 aliphatic heterocycles. The highest BCUT2D eigenvalue weighted by atomic mass is 35.5. The molecular formula is C9H9Cl2N5O2S. The molecule has 7 nitrogen and oxygen atoms in total. The van der Waals surface area contributed by atoms with Crippen LogP contribution in [0.1, 0.15) is 5.82 Å². The average molecular weight is 322 g/mol. The fourth-order valence-electron chi connectivity index (χ4n) is 1.34. The summed E-state index contributed by atoms with van der Waals surface area (Å²) in [6.45, 7) is 0.357. The van der Waals surface area contributed by atoms with Crippen molar-refractivity contribution in [3.63, 3.8) is 0 Å². The first-order valence-corrected chi connectivity index (χ1v) is 6.82. The average Bonchev–Trinajstić information content (AvgIpc) is 2.86. The fourth-order valence-corrected chi connectivity index (χ4v) is 2.29. The number of nitrogens with zero attached hydrogens (tertiary/aromatic N) is 5. The first-order chi connectivity index (χ1) is 8.99. The van der Waals surface area contributed by atoms with Gasteiger partial charge in [0.2, 0.25) is 0 Å². The number of carbonyl (C=O) groups is 1. The lowest BCUT2D eigenvalue weighted by molar-refractivity contribution is -0.133. The summed E-state index contributed by atoms with van der Waals surface area (Å²) in [6.07, 6.45) is 1.50. The molecule has 0 radical (unpaired) electrons. The van der Waals surface area contributed by atoms with E-state index < -0.39 is 5.97 Å². The highest BCUT2D eigenvalue weighted by Crippen LogP contribution is 2.21. The van der Waals surface area contributed by atoms with Crippen LogP contribution in [-0.2, 0) is 18.4 Å². The first-order valence-electron chi connectivity index (χ1n) is 5.08. The van der Waals surface area contributed by atoms with Crippen LogP contribution in [0.25, 0.3) is 0 Å². The van der Waals surface area contributed by atoms with E-state index in [1.807, 2.05) is 0 Å². The normalized spacial score (nSPS) is 10.9. The Bertz CT molecular complexity index is 612. The SMILES string of the molecule is Cn1c(Cn2cnc(Cl)c2Cl)nnc1SCC(=O)O. The van der Waals surface area contributed by atoms with Gasteiger partial charge in [-0.05, 0) is 0 Å². The van der Waals surface area contributed by atoms with Crippen molar-refractivity contribution in [1.29, 1.82) is 0 Å². The number of aliphatic carboxylic acids is 1. The Kier molecular flexibility index (Phi) is 4.33. The van der Waals surface area contributed by atoms with Crippen LogP contribution in [0.4, 0.5) is 0 Å². The highest BCUT2D eigenvalue weighted by Gasteiger charge is 2.13. The Balaban J connectivity index is 2.13. The second kappa shape index (κ2) is 5.81. The summed E-state index contributed by atoms with van der Waals surface area (Å²) < 4.78 is 3.33. The molecule has 2 aromatic heterocycles. The van der Waals surface area contributed by atoms with E-state index in [-0.39, 0.29) is 10.9 Å². The summed E-state index contributed by atoms with van der Waals surface area (Å²) in [4.78, 5) is 14.4. The molecule has 0 spiro atoms. The predicted molar refractivity (Wildman–Crippen MR) is 70.7 cm³/mol. The molecule has 0 aliphatic rings. The highest BCUT2D eigenvalue weighted by molar-refractivity contribution is 7.99. The van der Waals surface area contributed by atoms with Gasteiger partial charge in [-0.2, -0.15) is 0 Å². The van der Waals surface area contributed by atoms with Crippen molar-refractivity contribution in [3.05, 3.63) is 22.5 Å². The smallest absolute Gasteiger partial charge is 0.313 e. The molecule has 0 saturated carbocycles. The van der Waals surface area contributed by atoms with Crippen molar-refractivity contribution in [2.45, 2.75) is 11.7 Å². The van der Waals surface area contributed by atoms with Crippen molar-refractivity contribution in [2.24, 2.45) is 7.05 Å². The number of carboxylic acids is 1. The monoisotopic (exact) mass is 321 g/mol. The van der Waals surface area contributed by atoms with Crippen molar-refractivity contribution in [3.8, 4) is 0 Å². The maximum Gasteiger partial charge on any atom is 0.313 e. The first kappa shape index (κ1) is 14.2. The molecular weight excluding hydrogens is 313 g/mol. The lowest BCUT2D eigenvalue weighted by atomic mass is 10.6. The van der Waals surface area contributed by atoms with E-state index in [1.165, 1.54) is 6.33 Å². The van der Waals surface area contributed by atoms with Crippen LogP contribution in [0, 0.1) is 0 Å². The minimum absolute atomic E-state index is 0.0658. The lowest BCUT2D eigenvalue weighted by Crippen LogP contribution is -2.06. The molecule has 2 aromatic rings. The van der Waals surface area contributed by atoms with Crippen LogP contribution in [-0.4, -0.2) is 41.1 Å². The minimum Gasteiger partial charge on any atom is -0.481 e. The molecule has 102 valence electrons. The molecule has 0 bridgehead atoms. The lowest BCUT2D eigenvalue weighted by Gasteiger charge is -2.04. The zero-order valence-corrected chi connectivity index (χ0v) is 12.1. The Labute approximate surface area is 122 Å². The Morgan fingerprint density at radius 2 is 2.21 bits per heavy atom. The molecule has 19 heavy (non-hydrogen) atoms. The maximum absolute atomic E-state index is 10.5. The second-order valence-corrected chi connectivity index (χ2v) is 5.25. The van der Waals surface area contributed by atoms with E-state index in [0.29, 0.717) is 22.7 Å². The van der Waals surface area contributed by atoms with Gasteiger partial charge in [0.25, 0.3) is 0 Å². The Morgan fingerprint density at radius 3 is 2.79 bits per heavy atom. The van der Waals surface area contributed by atoms with E-state index in [4.69, 9.17) is 28.3 Å². The summed E-state index contributed by atoms with van der Waals surface area (Å²) in [7, 11) is 1.76. The number of carboxylic acid groups (broad SMARTS) is 1. The summed E-state index contributed by atoms with van der Waals surface area (Å²) in [5.74, 6) is -0.341. The molecule has 2 heterocycles. The fraction of sp³-hybridized carbons (Fsp3) is 0.333. The van der Waals surface area contributed by atoms with Crippen molar-refractivity contribution in [1.82, 2.24) is 24.3 Å². The summed E-state index contributed by atoms with van der Waals surface area (Å²) >= 11 is 12.8. The van der Waals surface area contributed by atoms with Crippen molar-refractivity contribution in [2.75, 3.05) is 5.75 Å². The van der Waals surface area contributed by atoms with Gasteiger partial charge in [0.1, 0.15) is 5.15 Å². The molecule has 0 atom stereocenters. The number of hydrogen-bond acceptors (Lipinski definition) is 5. The third-order valence-corrected chi connectivity index (χ3v) is 4.07. The van der Waals surface area contributed by atoms with Gasteiger partial charge in [-0.1, -0.05) is 35.0 Å². The molecule has 0 aromatic carbocycles. The van der Waals surface area contributed by atoms with E-state index >= 15 is 0 Å². The Morgan fingerprint density at radius 1 is 1.47 bits per heavy atom. The quantitative estimate of drug-likeness (QED) is 0.841. The molecule has 0 fully saturated rings. The summed E-state index contributed by atoms with van der Waals surface area (Å²) in [6, 6.07) is 0. The van der Waals surface area contributed by atoms with Gasteiger partial charge in [0.15, 0.2) is 16.1 Å². The summed E-state index contributed by atoms with van der Waals surface area (Å²) in [5.41, 5.74) is 0. The zero-order chi connectivity index (χ0) is 14.0. The molecule has 0 aliphatic carbocycles. The topological polar surface area (TPSA) is 85.8 Å². The Hall–Kier alpha value is -1.25. The molecule has 10 heteroatoms. The number of hydrogen-bond donors (Lipinski definition) is 1. The molecule has 0 unspecified atom stereocenters. The molecule has 0 amide bonds. The van der Waals surface area contributed by atoms with Gasteiger partial charge < -0.3 is 14.2 Å². The minimum atomic E-state index is -0.904. The van der Waals surface area contributed by atoms with Crippen LogP contribution in [0.5, 0.6) is 0 Å². The van der Waals surface area contributed by atoms with Crippen LogP contribution < -0.4 is 0 Å². The number of imidazole rings is 1. The molecule has 2 rings (SSSR count). The van der Waals surface area contributed by atoms with Crippen LogP contribution in [0.2, 0.25) is 10.3 Å². The van der Waals surface area contributed by atoms with E-state index in [1.54, 1.807) is 16.2 Å². The van der Waals surface area contributed by atoms with Gasteiger partial charge in [-0.15, -0.1) is 10.2 Å². The summed E-state index contributed by atoms with van der Waals surface area (Å²) in [5, 5.41) is 17.6. The van der Waals surface area contributed by atoms with Gasteiger partial charge in [0, 0.05) is 7.05 Å². The number of halogens is 2. The van der Waals surface area contributed by atoms with E-state index in [0.717, 1.165) is 11.8 Å². The van der Waals surface area contributed by atoms with E-state index in [2.05, 4.69) is 15.2 Å². The van der Waals surface area contributed by atoms with Crippen LogP contribution >= 0.6 is 35.0 Å². The third kappa shape index (κ3) is 3.20.